The predicted molar refractivity (Wildman–Crippen MR) is 77.1 cm³/mol. The number of hydrogen-bond acceptors (Lipinski definition) is 4. The predicted octanol–water partition coefficient (Wildman–Crippen LogP) is 1.54. The van der Waals surface area contributed by atoms with Crippen LogP contribution in [0.2, 0.25) is 0 Å². The average molecular weight is 291 g/mol. The molecule has 0 heterocycles. The zero-order chi connectivity index (χ0) is 14.9. The van der Waals surface area contributed by atoms with E-state index in [1.54, 1.807) is 24.3 Å². The van der Waals surface area contributed by atoms with Crippen molar-refractivity contribution in [2.75, 3.05) is 6.61 Å². The van der Waals surface area contributed by atoms with Crippen LogP contribution in [0.5, 0.6) is 5.75 Å². The van der Waals surface area contributed by atoms with Crippen molar-refractivity contribution in [1.82, 2.24) is 5.32 Å². The first kappa shape index (κ1) is 14.4. The molecule has 2 aliphatic rings. The first-order valence-electron chi connectivity index (χ1n) is 7.48. The molecule has 3 rings (SSSR count). The molecule has 0 radical (unpaired) electrons. The number of aliphatic hydroxyl groups excluding tert-OH is 1. The molecule has 0 bridgehead atoms. The van der Waals surface area contributed by atoms with Gasteiger partial charge in [0.2, 0.25) is 0 Å². The summed E-state index contributed by atoms with van der Waals surface area (Å²) in [5, 5.41) is 22.1. The highest BCUT2D eigenvalue weighted by atomic mass is 16.5. The molecule has 0 spiro atoms. The molecule has 0 amide bonds. The van der Waals surface area contributed by atoms with E-state index in [0.717, 1.165) is 31.2 Å². The van der Waals surface area contributed by atoms with Crippen molar-refractivity contribution in [2.24, 2.45) is 5.92 Å². The smallest absolute Gasteiger partial charge is 0.327 e. The summed E-state index contributed by atoms with van der Waals surface area (Å²) in [5.41, 5.74) is -0.217. The van der Waals surface area contributed by atoms with Crippen molar-refractivity contribution in [1.29, 1.82) is 0 Å². The average Bonchev–Trinajstić information content (AvgIpc) is 3.36. The first-order valence-corrected chi connectivity index (χ1v) is 7.48. The molecule has 0 saturated heterocycles. The maximum absolute atomic E-state index is 11.8. The van der Waals surface area contributed by atoms with Gasteiger partial charge in [-0.3, -0.25) is 10.1 Å². The number of hydrogen-bond donors (Lipinski definition) is 3. The Bertz CT molecular complexity index is 525. The van der Waals surface area contributed by atoms with Crippen molar-refractivity contribution < 1.29 is 19.7 Å². The van der Waals surface area contributed by atoms with Gasteiger partial charge in [0.25, 0.3) is 0 Å². The minimum absolute atomic E-state index is 0.0514. The van der Waals surface area contributed by atoms with Crippen LogP contribution in [0.4, 0.5) is 0 Å². The summed E-state index contributed by atoms with van der Waals surface area (Å²) in [5.74, 6) is -0.0720. The second kappa shape index (κ2) is 5.66. The summed E-state index contributed by atoms with van der Waals surface area (Å²) in [7, 11) is 0. The van der Waals surface area contributed by atoms with Crippen LogP contribution in [0.3, 0.4) is 0 Å². The molecule has 2 fully saturated rings. The lowest BCUT2D eigenvalue weighted by molar-refractivity contribution is -0.147. The molecule has 0 aliphatic heterocycles. The monoisotopic (exact) mass is 291 g/mol. The molecule has 2 saturated carbocycles. The first-order chi connectivity index (χ1) is 10.1. The van der Waals surface area contributed by atoms with E-state index < -0.39 is 11.5 Å². The number of aliphatic carboxylic acids is 1. The lowest BCUT2D eigenvalue weighted by atomic mass is 9.94. The Hall–Kier alpha value is -1.59. The zero-order valence-corrected chi connectivity index (χ0v) is 11.9. The Morgan fingerprint density at radius 2 is 2.10 bits per heavy atom. The fourth-order valence-electron chi connectivity index (χ4n) is 2.67. The Kier molecular flexibility index (Phi) is 3.87. The highest BCUT2D eigenvalue weighted by molar-refractivity contribution is 5.80. The Balaban J connectivity index is 1.72. The maximum atomic E-state index is 11.8. The van der Waals surface area contributed by atoms with Gasteiger partial charge in [-0.15, -0.1) is 0 Å². The van der Waals surface area contributed by atoms with Crippen LogP contribution in [0.15, 0.2) is 24.3 Å². The van der Waals surface area contributed by atoms with Gasteiger partial charge in [0, 0.05) is 6.04 Å². The van der Waals surface area contributed by atoms with Gasteiger partial charge in [-0.05, 0) is 49.3 Å². The van der Waals surface area contributed by atoms with Crippen LogP contribution in [0, 0.1) is 5.92 Å². The maximum Gasteiger partial charge on any atom is 0.327 e. The molecule has 21 heavy (non-hydrogen) atoms. The third-order valence-electron chi connectivity index (χ3n) is 4.24. The SMILES string of the molecule is O=C(O)C(COc1cccc(CO)c1)(NC1CC1)C1CC1. The number of ether oxygens (including phenoxy) is 1. The third kappa shape index (κ3) is 3.19. The molecule has 114 valence electrons. The molecule has 5 nitrogen and oxygen atoms in total. The van der Waals surface area contributed by atoms with Crippen LogP contribution in [0.25, 0.3) is 0 Å². The van der Waals surface area contributed by atoms with Gasteiger partial charge in [0.15, 0.2) is 5.54 Å². The van der Waals surface area contributed by atoms with Crippen LogP contribution in [-0.4, -0.2) is 34.4 Å². The number of aliphatic hydroxyl groups is 1. The van der Waals surface area contributed by atoms with Gasteiger partial charge in [0.05, 0.1) is 6.61 Å². The van der Waals surface area contributed by atoms with Gasteiger partial charge in [-0.1, -0.05) is 12.1 Å². The molecule has 3 N–H and O–H groups in total. The van der Waals surface area contributed by atoms with E-state index in [0.29, 0.717) is 11.8 Å². The number of carboxylic acid groups (broad SMARTS) is 1. The number of benzene rings is 1. The van der Waals surface area contributed by atoms with Gasteiger partial charge in [0.1, 0.15) is 12.4 Å². The van der Waals surface area contributed by atoms with Crippen LogP contribution < -0.4 is 10.1 Å². The summed E-state index contributed by atoms with van der Waals surface area (Å²) in [6.07, 6.45) is 3.96. The Morgan fingerprint density at radius 1 is 1.33 bits per heavy atom. The van der Waals surface area contributed by atoms with E-state index in [1.807, 2.05) is 0 Å². The van der Waals surface area contributed by atoms with Crippen molar-refractivity contribution >= 4 is 5.97 Å². The standard InChI is InChI=1S/C16H21NO4/c18-9-11-2-1-3-14(8-11)21-10-16(15(19)20,12-4-5-12)17-13-6-7-13/h1-3,8,12-13,17-18H,4-7,9-10H2,(H,19,20). The molecule has 2 aliphatic carbocycles. The number of nitrogens with one attached hydrogen (secondary N) is 1. The van der Waals surface area contributed by atoms with E-state index in [9.17, 15) is 9.90 Å². The molecule has 1 unspecified atom stereocenters. The van der Waals surface area contributed by atoms with Crippen molar-refractivity contribution in [3.8, 4) is 5.75 Å². The van der Waals surface area contributed by atoms with Gasteiger partial charge >= 0.3 is 5.97 Å². The molecular formula is C16H21NO4. The minimum atomic E-state index is -0.976. The van der Waals surface area contributed by atoms with Crippen LogP contribution in [-0.2, 0) is 11.4 Å². The lowest BCUT2D eigenvalue weighted by Gasteiger charge is -2.31. The quantitative estimate of drug-likeness (QED) is 0.677. The van der Waals surface area contributed by atoms with Crippen LogP contribution in [0.1, 0.15) is 31.2 Å². The lowest BCUT2D eigenvalue weighted by Crippen LogP contribution is -2.59. The third-order valence-corrected chi connectivity index (χ3v) is 4.24. The number of carbonyl (C=O) groups is 1. The second-order valence-corrected chi connectivity index (χ2v) is 6.06. The minimum Gasteiger partial charge on any atom is -0.491 e. The summed E-state index contributed by atoms with van der Waals surface area (Å²) in [6.45, 7) is 0.0720. The number of rotatable bonds is 8. The van der Waals surface area contributed by atoms with Crippen LogP contribution >= 0.6 is 0 Å². The molecule has 1 atom stereocenters. The van der Waals surface area contributed by atoms with E-state index in [-0.39, 0.29) is 19.1 Å². The summed E-state index contributed by atoms with van der Waals surface area (Å²) in [6, 6.07) is 7.45. The fourth-order valence-corrected chi connectivity index (χ4v) is 2.67. The van der Waals surface area contributed by atoms with E-state index >= 15 is 0 Å². The highest BCUT2D eigenvalue weighted by Crippen LogP contribution is 2.42. The normalized spacial score (nSPS) is 20.8. The van der Waals surface area contributed by atoms with Crippen molar-refractivity contribution in [3.05, 3.63) is 29.8 Å². The van der Waals surface area contributed by atoms with Gasteiger partial charge in [-0.2, -0.15) is 0 Å². The van der Waals surface area contributed by atoms with Gasteiger partial charge < -0.3 is 14.9 Å². The largest absolute Gasteiger partial charge is 0.491 e. The summed E-state index contributed by atoms with van der Waals surface area (Å²) < 4.78 is 5.75. The topological polar surface area (TPSA) is 78.8 Å². The van der Waals surface area contributed by atoms with Crippen molar-refractivity contribution in [2.45, 2.75) is 43.9 Å². The zero-order valence-electron chi connectivity index (χ0n) is 11.9. The Morgan fingerprint density at radius 3 is 2.67 bits per heavy atom. The Labute approximate surface area is 123 Å². The van der Waals surface area contributed by atoms with Gasteiger partial charge in [-0.25, -0.2) is 0 Å². The fraction of sp³-hybridized carbons (Fsp3) is 0.562. The summed E-state index contributed by atoms with van der Waals surface area (Å²) in [4.78, 5) is 11.8. The molecule has 0 aromatic heterocycles. The highest BCUT2D eigenvalue weighted by Gasteiger charge is 2.54. The van der Waals surface area contributed by atoms with E-state index in [1.165, 1.54) is 0 Å². The second-order valence-electron chi connectivity index (χ2n) is 6.06. The molecular weight excluding hydrogens is 270 g/mol. The van der Waals surface area contributed by atoms with Crippen molar-refractivity contribution in [3.63, 3.8) is 0 Å². The summed E-state index contributed by atoms with van der Waals surface area (Å²) >= 11 is 0. The molecule has 5 heteroatoms. The molecule has 1 aromatic carbocycles. The van der Waals surface area contributed by atoms with E-state index in [2.05, 4.69) is 5.32 Å². The number of carboxylic acids is 1. The van der Waals surface area contributed by atoms with E-state index in [4.69, 9.17) is 9.84 Å². The molecule has 1 aromatic rings.